The number of aliphatic hydroxyl groups excluding tert-OH is 1. The first-order chi connectivity index (χ1) is 6.45. The molecule has 0 bridgehead atoms. The molecule has 0 heterocycles. The summed E-state index contributed by atoms with van der Waals surface area (Å²) in [5.74, 6) is -1.11. The van der Waals surface area contributed by atoms with Crippen LogP contribution in [0.15, 0.2) is 11.6 Å². The first kappa shape index (κ1) is 12.6. The van der Waals surface area contributed by atoms with Gasteiger partial charge in [0.15, 0.2) is 0 Å². The lowest BCUT2D eigenvalue weighted by molar-refractivity contribution is -0.176. The SMILES string of the molecule is CC(=O)OC(C=C(C)CO)OC(C)=O. The fraction of sp³-hybridized carbons (Fsp3) is 0.556. The lowest BCUT2D eigenvalue weighted by atomic mass is 10.3. The molecule has 0 aliphatic rings. The second kappa shape index (κ2) is 6.15. The average molecular weight is 202 g/mol. The van der Waals surface area contributed by atoms with Crippen molar-refractivity contribution in [2.24, 2.45) is 0 Å². The minimum atomic E-state index is -1.06. The Balaban J connectivity index is 4.38. The van der Waals surface area contributed by atoms with Gasteiger partial charge in [0, 0.05) is 13.8 Å². The van der Waals surface area contributed by atoms with Gasteiger partial charge in [0.25, 0.3) is 6.29 Å². The normalized spacial score (nSPS) is 11.4. The van der Waals surface area contributed by atoms with Crippen LogP contribution < -0.4 is 0 Å². The van der Waals surface area contributed by atoms with E-state index in [0.29, 0.717) is 5.57 Å². The first-order valence-corrected chi connectivity index (χ1v) is 4.08. The summed E-state index contributed by atoms with van der Waals surface area (Å²) in [4.78, 5) is 21.2. The van der Waals surface area contributed by atoms with E-state index in [1.165, 1.54) is 19.9 Å². The van der Waals surface area contributed by atoms with Crippen molar-refractivity contribution in [1.82, 2.24) is 0 Å². The molecule has 0 spiro atoms. The molecule has 0 aromatic rings. The summed E-state index contributed by atoms with van der Waals surface area (Å²) >= 11 is 0. The smallest absolute Gasteiger partial charge is 0.305 e. The number of carbonyl (C=O) groups excluding carboxylic acids is 2. The molecule has 5 nitrogen and oxygen atoms in total. The average Bonchev–Trinajstić information content (AvgIpc) is 2.01. The van der Waals surface area contributed by atoms with Crippen LogP contribution >= 0.6 is 0 Å². The first-order valence-electron chi connectivity index (χ1n) is 4.08. The van der Waals surface area contributed by atoms with Crippen molar-refractivity contribution in [3.8, 4) is 0 Å². The van der Waals surface area contributed by atoms with E-state index in [9.17, 15) is 9.59 Å². The topological polar surface area (TPSA) is 72.8 Å². The third kappa shape index (κ3) is 6.19. The molecular formula is C9H14O5. The zero-order chi connectivity index (χ0) is 11.1. The van der Waals surface area contributed by atoms with Gasteiger partial charge in [0.1, 0.15) is 0 Å². The zero-order valence-corrected chi connectivity index (χ0v) is 8.44. The molecule has 0 rings (SSSR count). The Morgan fingerprint density at radius 3 is 1.93 bits per heavy atom. The molecule has 0 unspecified atom stereocenters. The highest BCUT2D eigenvalue weighted by Crippen LogP contribution is 2.02. The summed E-state index contributed by atoms with van der Waals surface area (Å²) in [6.07, 6.45) is 0.306. The van der Waals surface area contributed by atoms with Crippen molar-refractivity contribution in [1.29, 1.82) is 0 Å². The molecule has 0 amide bonds. The van der Waals surface area contributed by atoms with Gasteiger partial charge in [-0.15, -0.1) is 0 Å². The molecule has 0 saturated heterocycles. The highest BCUT2D eigenvalue weighted by Gasteiger charge is 2.11. The number of carbonyl (C=O) groups is 2. The fourth-order valence-electron chi connectivity index (χ4n) is 0.704. The lowest BCUT2D eigenvalue weighted by Gasteiger charge is -2.13. The lowest BCUT2D eigenvalue weighted by Crippen LogP contribution is -2.20. The molecule has 80 valence electrons. The molecule has 0 atom stereocenters. The third-order valence-electron chi connectivity index (χ3n) is 1.23. The van der Waals surface area contributed by atoms with E-state index >= 15 is 0 Å². The van der Waals surface area contributed by atoms with Crippen molar-refractivity contribution in [2.75, 3.05) is 6.61 Å². The van der Waals surface area contributed by atoms with Crippen molar-refractivity contribution < 1.29 is 24.2 Å². The van der Waals surface area contributed by atoms with Crippen LogP contribution in [0.1, 0.15) is 20.8 Å². The molecular weight excluding hydrogens is 188 g/mol. The molecule has 0 radical (unpaired) electrons. The van der Waals surface area contributed by atoms with Crippen LogP contribution in [0.5, 0.6) is 0 Å². The molecule has 0 fully saturated rings. The Kier molecular flexibility index (Phi) is 5.55. The van der Waals surface area contributed by atoms with E-state index < -0.39 is 18.2 Å². The van der Waals surface area contributed by atoms with E-state index in [4.69, 9.17) is 5.11 Å². The summed E-state index contributed by atoms with van der Waals surface area (Å²) < 4.78 is 9.33. The predicted molar refractivity (Wildman–Crippen MR) is 48.2 cm³/mol. The van der Waals surface area contributed by atoms with Gasteiger partial charge in [-0.3, -0.25) is 9.59 Å². The Bertz CT molecular complexity index is 228. The number of esters is 2. The summed E-state index contributed by atoms with van der Waals surface area (Å²) in [6, 6.07) is 0. The van der Waals surface area contributed by atoms with Gasteiger partial charge in [-0.05, 0) is 18.6 Å². The van der Waals surface area contributed by atoms with E-state index in [1.54, 1.807) is 6.92 Å². The van der Waals surface area contributed by atoms with E-state index in [1.807, 2.05) is 0 Å². The van der Waals surface area contributed by atoms with Crippen molar-refractivity contribution in [3.63, 3.8) is 0 Å². The van der Waals surface area contributed by atoms with Gasteiger partial charge in [-0.25, -0.2) is 0 Å². The summed E-state index contributed by atoms with van der Waals surface area (Å²) in [6.45, 7) is 3.86. The van der Waals surface area contributed by atoms with Crippen LogP contribution in [0.4, 0.5) is 0 Å². The van der Waals surface area contributed by atoms with Crippen molar-refractivity contribution in [2.45, 2.75) is 27.1 Å². The second-order valence-electron chi connectivity index (χ2n) is 2.76. The molecule has 0 aromatic heterocycles. The summed E-state index contributed by atoms with van der Waals surface area (Å²) in [5.41, 5.74) is 0.553. The zero-order valence-electron chi connectivity index (χ0n) is 8.44. The van der Waals surface area contributed by atoms with Crippen LogP contribution in [0, 0.1) is 0 Å². The largest absolute Gasteiger partial charge is 0.421 e. The minimum absolute atomic E-state index is 0.182. The number of hydrogen-bond donors (Lipinski definition) is 1. The Morgan fingerprint density at radius 1 is 1.21 bits per heavy atom. The van der Waals surface area contributed by atoms with E-state index in [0.717, 1.165) is 0 Å². The maximum Gasteiger partial charge on any atom is 0.305 e. The van der Waals surface area contributed by atoms with Gasteiger partial charge in [0.2, 0.25) is 0 Å². The van der Waals surface area contributed by atoms with Gasteiger partial charge in [-0.2, -0.15) is 0 Å². The highest BCUT2D eigenvalue weighted by atomic mass is 16.7. The quantitative estimate of drug-likeness (QED) is 0.405. The number of rotatable bonds is 4. The van der Waals surface area contributed by atoms with Crippen LogP contribution in [-0.2, 0) is 19.1 Å². The second-order valence-corrected chi connectivity index (χ2v) is 2.76. The molecule has 1 N–H and O–H groups in total. The molecule has 5 heteroatoms. The van der Waals surface area contributed by atoms with E-state index in [-0.39, 0.29) is 6.61 Å². The van der Waals surface area contributed by atoms with Gasteiger partial charge in [-0.1, -0.05) is 0 Å². The van der Waals surface area contributed by atoms with Crippen LogP contribution in [0.2, 0.25) is 0 Å². The molecule has 0 aliphatic carbocycles. The molecule has 0 aliphatic heterocycles. The van der Waals surface area contributed by atoms with Crippen molar-refractivity contribution >= 4 is 11.9 Å². The number of ether oxygens (including phenoxy) is 2. The van der Waals surface area contributed by atoms with Gasteiger partial charge >= 0.3 is 11.9 Å². The molecule has 0 saturated carbocycles. The monoisotopic (exact) mass is 202 g/mol. The maximum atomic E-state index is 10.6. The number of aliphatic hydroxyl groups is 1. The Morgan fingerprint density at radius 2 is 1.64 bits per heavy atom. The summed E-state index contributed by atoms with van der Waals surface area (Å²) in [5, 5.41) is 8.70. The van der Waals surface area contributed by atoms with E-state index in [2.05, 4.69) is 9.47 Å². The van der Waals surface area contributed by atoms with Crippen LogP contribution in [-0.4, -0.2) is 29.9 Å². The maximum absolute atomic E-state index is 10.6. The third-order valence-corrected chi connectivity index (χ3v) is 1.23. The predicted octanol–water partition coefficient (Wildman–Crippen LogP) is 0.377. The Hall–Kier alpha value is -1.36. The minimum Gasteiger partial charge on any atom is -0.421 e. The Labute approximate surface area is 82.3 Å². The van der Waals surface area contributed by atoms with Gasteiger partial charge < -0.3 is 14.6 Å². The van der Waals surface area contributed by atoms with Crippen LogP contribution in [0.25, 0.3) is 0 Å². The number of hydrogen-bond acceptors (Lipinski definition) is 5. The molecule has 14 heavy (non-hydrogen) atoms. The van der Waals surface area contributed by atoms with Crippen LogP contribution in [0.3, 0.4) is 0 Å². The highest BCUT2D eigenvalue weighted by molar-refractivity contribution is 5.68. The summed E-state index contributed by atoms with van der Waals surface area (Å²) in [7, 11) is 0. The van der Waals surface area contributed by atoms with Crippen molar-refractivity contribution in [3.05, 3.63) is 11.6 Å². The standard InChI is InChI=1S/C9H14O5/c1-6(5-10)4-9(13-7(2)11)14-8(3)12/h4,9-10H,5H2,1-3H3. The van der Waals surface area contributed by atoms with Gasteiger partial charge in [0.05, 0.1) is 6.61 Å². The fourth-order valence-corrected chi connectivity index (χ4v) is 0.704. The molecule has 0 aromatic carbocycles.